The Bertz CT molecular complexity index is 570. The number of hydrogen-bond acceptors (Lipinski definition) is 4. The maximum Gasteiger partial charge on any atom is 0.244 e. The van der Waals surface area contributed by atoms with Gasteiger partial charge in [0.1, 0.15) is 6.04 Å². The fourth-order valence-electron chi connectivity index (χ4n) is 2.43. The van der Waals surface area contributed by atoms with E-state index in [0.717, 1.165) is 5.56 Å². The van der Waals surface area contributed by atoms with E-state index in [0.29, 0.717) is 23.8 Å². The lowest BCUT2D eigenvalue weighted by Gasteiger charge is -2.23. The Morgan fingerprint density at radius 3 is 2.25 bits per heavy atom. The van der Waals surface area contributed by atoms with Crippen LogP contribution in [0.4, 0.5) is 0 Å². The van der Waals surface area contributed by atoms with Crippen LogP contribution in [0.3, 0.4) is 0 Å². The number of benzene rings is 1. The summed E-state index contributed by atoms with van der Waals surface area (Å²) < 4.78 is 10.4. The number of nitrogens with zero attached hydrogens (tertiary/aromatic N) is 1. The summed E-state index contributed by atoms with van der Waals surface area (Å²) in [6, 6.07) is 4.83. The molecule has 0 saturated carbocycles. The fourth-order valence-corrected chi connectivity index (χ4v) is 2.43. The predicted octanol–water partition coefficient (Wildman–Crippen LogP) is 1.87. The molecule has 1 unspecified atom stereocenters. The van der Waals surface area contributed by atoms with Gasteiger partial charge in [0.15, 0.2) is 11.5 Å². The van der Waals surface area contributed by atoms with Crippen molar-refractivity contribution in [3.05, 3.63) is 23.8 Å². The average molecular weight is 336 g/mol. The minimum absolute atomic E-state index is 0.0932. The van der Waals surface area contributed by atoms with E-state index in [1.54, 1.807) is 40.4 Å². The molecule has 0 aliphatic heterocycles. The number of carbonyl (C=O) groups is 2. The van der Waals surface area contributed by atoms with Crippen LogP contribution in [0.1, 0.15) is 25.8 Å². The van der Waals surface area contributed by atoms with Gasteiger partial charge >= 0.3 is 0 Å². The van der Waals surface area contributed by atoms with E-state index < -0.39 is 6.04 Å². The lowest BCUT2D eigenvalue weighted by molar-refractivity contribution is -0.134. The number of likely N-dealkylation sites (N-methyl/N-ethyl adjacent to an activating group) is 1. The minimum Gasteiger partial charge on any atom is -0.493 e. The molecule has 0 aromatic heterocycles. The van der Waals surface area contributed by atoms with Crippen molar-refractivity contribution >= 4 is 11.8 Å². The largest absolute Gasteiger partial charge is 0.493 e. The maximum absolute atomic E-state index is 12.3. The molecule has 1 aromatic carbocycles. The van der Waals surface area contributed by atoms with E-state index in [-0.39, 0.29) is 18.2 Å². The molecule has 0 radical (unpaired) electrons. The summed E-state index contributed by atoms with van der Waals surface area (Å²) >= 11 is 0. The van der Waals surface area contributed by atoms with E-state index in [2.05, 4.69) is 5.32 Å². The van der Waals surface area contributed by atoms with Gasteiger partial charge in [0, 0.05) is 14.1 Å². The quantitative estimate of drug-likeness (QED) is 0.787. The second-order valence-corrected chi connectivity index (χ2v) is 6.35. The molecule has 1 atom stereocenters. The lowest BCUT2D eigenvalue weighted by atomic mass is 10.0. The molecule has 0 spiro atoms. The van der Waals surface area contributed by atoms with Gasteiger partial charge in [-0.3, -0.25) is 9.59 Å². The van der Waals surface area contributed by atoms with Crippen LogP contribution in [0.15, 0.2) is 18.2 Å². The Morgan fingerprint density at radius 2 is 1.75 bits per heavy atom. The van der Waals surface area contributed by atoms with Crippen LogP contribution in [0.5, 0.6) is 11.5 Å². The van der Waals surface area contributed by atoms with Crippen molar-refractivity contribution in [2.75, 3.05) is 28.3 Å². The highest BCUT2D eigenvalue weighted by Gasteiger charge is 2.23. The van der Waals surface area contributed by atoms with Crippen molar-refractivity contribution in [1.29, 1.82) is 0 Å². The molecule has 0 fully saturated rings. The molecular formula is C18H28N2O4. The topological polar surface area (TPSA) is 67.9 Å². The normalized spacial score (nSPS) is 11.8. The van der Waals surface area contributed by atoms with Gasteiger partial charge in [-0.1, -0.05) is 19.9 Å². The molecule has 6 heteroatoms. The Kier molecular flexibility index (Phi) is 7.55. The zero-order valence-electron chi connectivity index (χ0n) is 15.4. The van der Waals surface area contributed by atoms with Crippen LogP contribution in [0.2, 0.25) is 0 Å². The summed E-state index contributed by atoms with van der Waals surface area (Å²) in [6.45, 7) is 4.05. The summed E-state index contributed by atoms with van der Waals surface area (Å²) in [4.78, 5) is 26.1. The summed E-state index contributed by atoms with van der Waals surface area (Å²) in [6.07, 6.45) is 0.782. The molecule has 24 heavy (non-hydrogen) atoms. The van der Waals surface area contributed by atoms with Crippen molar-refractivity contribution in [2.45, 2.75) is 32.7 Å². The Labute approximate surface area is 144 Å². The van der Waals surface area contributed by atoms with E-state index in [9.17, 15) is 9.59 Å². The SMILES string of the molecule is COc1ccc(CC(=O)NC(CC(C)C)C(=O)N(C)C)cc1OC. The standard InChI is InChI=1S/C18H28N2O4/c1-12(2)9-14(18(22)20(3)4)19-17(21)11-13-7-8-15(23-5)16(10-13)24-6/h7-8,10,12,14H,9,11H2,1-6H3,(H,19,21). The molecule has 0 saturated heterocycles. The molecule has 0 bridgehead atoms. The smallest absolute Gasteiger partial charge is 0.244 e. The molecule has 134 valence electrons. The summed E-state index contributed by atoms with van der Waals surface area (Å²) in [5.74, 6) is 1.21. The van der Waals surface area contributed by atoms with Gasteiger partial charge in [-0.25, -0.2) is 0 Å². The molecule has 2 amide bonds. The van der Waals surface area contributed by atoms with E-state index in [4.69, 9.17) is 9.47 Å². The minimum atomic E-state index is -0.507. The molecule has 1 aromatic rings. The first-order valence-corrected chi connectivity index (χ1v) is 7.99. The van der Waals surface area contributed by atoms with Gasteiger partial charge in [0.2, 0.25) is 11.8 Å². The molecule has 1 N–H and O–H groups in total. The number of ether oxygens (including phenoxy) is 2. The predicted molar refractivity (Wildman–Crippen MR) is 93.3 cm³/mol. The van der Waals surface area contributed by atoms with Crippen LogP contribution < -0.4 is 14.8 Å². The van der Waals surface area contributed by atoms with Crippen molar-refractivity contribution in [3.8, 4) is 11.5 Å². The van der Waals surface area contributed by atoms with Crippen LogP contribution in [0.25, 0.3) is 0 Å². The Balaban J connectivity index is 2.80. The van der Waals surface area contributed by atoms with Crippen LogP contribution in [0, 0.1) is 5.92 Å². The lowest BCUT2D eigenvalue weighted by Crippen LogP contribution is -2.47. The summed E-state index contributed by atoms with van der Waals surface area (Å²) in [7, 11) is 6.50. The number of nitrogens with one attached hydrogen (secondary N) is 1. The van der Waals surface area contributed by atoms with Crippen LogP contribution >= 0.6 is 0 Å². The van der Waals surface area contributed by atoms with Crippen molar-refractivity contribution in [2.24, 2.45) is 5.92 Å². The Hall–Kier alpha value is -2.24. The van der Waals surface area contributed by atoms with Gasteiger partial charge in [-0.15, -0.1) is 0 Å². The monoisotopic (exact) mass is 336 g/mol. The average Bonchev–Trinajstić information content (AvgIpc) is 2.52. The van der Waals surface area contributed by atoms with E-state index >= 15 is 0 Å². The molecule has 0 heterocycles. The molecule has 1 rings (SSSR count). The summed E-state index contributed by atoms with van der Waals surface area (Å²) in [5, 5.41) is 2.84. The highest BCUT2D eigenvalue weighted by Crippen LogP contribution is 2.27. The third-order valence-electron chi connectivity index (χ3n) is 3.59. The van der Waals surface area contributed by atoms with Crippen LogP contribution in [-0.4, -0.2) is 51.1 Å². The highest BCUT2D eigenvalue weighted by atomic mass is 16.5. The number of methoxy groups -OCH3 is 2. The molecule has 0 aliphatic carbocycles. The van der Waals surface area contributed by atoms with Gasteiger partial charge in [0.05, 0.1) is 20.6 Å². The van der Waals surface area contributed by atoms with Crippen LogP contribution in [-0.2, 0) is 16.0 Å². The maximum atomic E-state index is 12.3. The van der Waals surface area contributed by atoms with Gasteiger partial charge in [-0.2, -0.15) is 0 Å². The fraction of sp³-hybridized carbons (Fsp3) is 0.556. The molecule has 6 nitrogen and oxygen atoms in total. The third kappa shape index (κ3) is 5.76. The zero-order valence-corrected chi connectivity index (χ0v) is 15.4. The number of amides is 2. The number of rotatable bonds is 8. The van der Waals surface area contributed by atoms with Gasteiger partial charge in [-0.05, 0) is 30.0 Å². The number of carbonyl (C=O) groups excluding carboxylic acids is 2. The van der Waals surface area contributed by atoms with Gasteiger partial charge < -0.3 is 19.7 Å². The zero-order chi connectivity index (χ0) is 18.3. The van der Waals surface area contributed by atoms with Crippen molar-refractivity contribution in [1.82, 2.24) is 10.2 Å². The van der Waals surface area contributed by atoms with Crippen molar-refractivity contribution < 1.29 is 19.1 Å². The molecular weight excluding hydrogens is 308 g/mol. The molecule has 0 aliphatic rings. The second-order valence-electron chi connectivity index (χ2n) is 6.35. The summed E-state index contributed by atoms with van der Waals surface area (Å²) in [5.41, 5.74) is 0.797. The first-order valence-electron chi connectivity index (χ1n) is 7.99. The highest BCUT2D eigenvalue weighted by molar-refractivity contribution is 5.88. The van der Waals surface area contributed by atoms with Crippen molar-refractivity contribution in [3.63, 3.8) is 0 Å². The first kappa shape index (κ1) is 19.8. The van der Waals surface area contributed by atoms with Gasteiger partial charge in [0.25, 0.3) is 0 Å². The number of hydrogen-bond donors (Lipinski definition) is 1. The first-order chi connectivity index (χ1) is 11.3. The third-order valence-corrected chi connectivity index (χ3v) is 3.59. The second kappa shape index (κ2) is 9.15. The Morgan fingerprint density at radius 1 is 1.12 bits per heavy atom. The van der Waals surface area contributed by atoms with E-state index in [1.165, 1.54) is 4.90 Å². The van der Waals surface area contributed by atoms with E-state index in [1.807, 2.05) is 19.9 Å².